The molecule has 0 bridgehead atoms. The summed E-state index contributed by atoms with van der Waals surface area (Å²) in [5, 5.41) is 35.2. The maximum atomic E-state index is 12.1. The van der Waals surface area contributed by atoms with Crippen molar-refractivity contribution in [2.24, 2.45) is 5.10 Å². The van der Waals surface area contributed by atoms with Crippen LogP contribution in [-0.2, 0) is 0 Å². The number of nitrogens with one attached hydrogen (secondary N) is 1. The van der Waals surface area contributed by atoms with Crippen LogP contribution in [0.15, 0.2) is 41.5 Å². The van der Waals surface area contributed by atoms with Gasteiger partial charge in [0, 0.05) is 6.07 Å². The van der Waals surface area contributed by atoms with Gasteiger partial charge in [0.2, 0.25) is 5.75 Å². The van der Waals surface area contributed by atoms with E-state index in [2.05, 4.69) is 5.10 Å². The van der Waals surface area contributed by atoms with E-state index in [0.717, 1.165) is 6.07 Å². The highest BCUT2D eigenvalue weighted by atomic mass is 16.6. The monoisotopic (exact) mass is 360 g/mol. The van der Waals surface area contributed by atoms with Crippen LogP contribution in [0.2, 0.25) is 0 Å². The smallest absolute Gasteiger partial charge is 0.318 e. The van der Waals surface area contributed by atoms with Crippen LogP contribution in [-0.4, -0.2) is 34.2 Å². The maximum absolute atomic E-state index is 12.1. The molecule has 134 valence electrons. The average molecular weight is 360 g/mol. The first-order valence-electron chi connectivity index (χ1n) is 6.96. The zero-order valence-electron chi connectivity index (χ0n) is 13.3. The minimum Gasteiger partial charge on any atom is -0.502 e. The average Bonchev–Trinajstić information content (AvgIpc) is 2.61. The van der Waals surface area contributed by atoms with Gasteiger partial charge in [-0.25, -0.2) is 5.43 Å². The first-order valence-corrected chi connectivity index (χ1v) is 6.96. The second kappa shape index (κ2) is 7.70. The third-order valence-electron chi connectivity index (χ3n) is 3.20. The number of phenols is 1. The summed E-state index contributed by atoms with van der Waals surface area (Å²) in [7, 11) is 1.48. The van der Waals surface area contributed by atoms with Crippen LogP contribution >= 0.6 is 0 Å². The summed E-state index contributed by atoms with van der Waals surface area (Å²) < 4.78 is 5.03. The molecule has 0 saturated carbocycles. The molecule has 2 N–H and O–H groups in total. The van der Waals surface area contributed by atoms with Crippen molar-refractivity contribution in [2.75, 3.05) is 7.11 Å². The van der Waals surface area contributed by atoms with Crippen molar-refractivity contribution in [2.45, 2.75) is 0 Å². The number of phenolic OH excluding ortho intramolecular Hbond substituents is 1. The number of benzene rings is 2. The molecule has 26 heavy (non-hydrogen) atoms. The number of hydrogen-bond donors (Lipinski definition) is 2. The normalized spacial score (nSPS) is 10.5. The van der Waals surface area contributed by atoms with Crippen molar-refractivity contribution in [1.82, 2.24) is 5.43 Å². The molecule has 0 spiro atoms. The lowest BCUT2D eigenvalue weighted by molar-refractivity contribution is -0.394. The van der Waals surface area contributed by atoms with Crippen molar-refractivity contribution < 1.29 is 24.5 Å². The van der Waals surface area contributed by atoms with Gasteiger partial charge >= 0.3 is 5.69 Å². The molecule has 0 saturated heterocycles. The third-order valence-corrected chi connectivity index (χ3v) is 3.20. The van der Waals surface area contributed by atoms with E-state index in [4.69, 9.17) is 4.74 Å². The van der Waals surface area contributed by atoms with Crippen molar-refractivity contribution in [3.63, 3.8) is 0 Å². The number of methoxy groups -OCH3 is 1. The number of hydrogen-bond acceptors (Lipinski definition) is 8. The first kappa shape index (κ1) is 18.3. The molecule has 2 aromatic carbocycles. The summed E-state index contributed by atoms with van der Waals surface area (Å²) in [5.74, 6) is -1.48. The molecule has 0 atom stereocenters. The van der Waals surface area contributed by atoms with Crippen LogP contribution in [0, 0.1) is 20.2 Å². The topological polar surface area (TPSA) is 157 Å². The molecule has 0 aliphatic rings. The third kappa shape index (κ3) is 4.08. The fourth-order valence-corrected chi connectivity index (χ4v) is 1.97. The van der Waals surface area contributed by atoms with Crippen LogP contribution in [0.3, 0.4) is 0 Å². The number of carbonyl (C=O) groups excluding carboxylic acids is 1. The Hall–Kier alpha value is -4.02. The van der Waals surface area contributed by atoms with Gasteiger partial charge in [0.1, 0.15) is 5.75 Å². The quantitative estimate of drug-likeness (QED) is 0.453. The van der Waals surface area contributed by atoms with E-state index in [9.17, 15) is 30.1 Å². The Morgan fingerprint density at radius 2 is 1.96 bits per heavy atom. The molecule has 0 aliphatic heterocycles. The van der Waals surface area contributed by atoms with Gasteiger partial charge in [-0.2, -0.15) is 5.10 Å². The van der Waals surface area contributed by atoms with Gasteiger partial charge in [0.25, 0.3) is 11.6 Å². The number of aromatic hydroxyl groups is 1. The van der Waals surface area contributed by atoms with Crippen molar-refractivity contribution in [1.29, 1.82) is 0 Å². The van der Waals surface area contributed by atoms with Crippen molar-refractivity contribution in [3.8, 4) is 11.5 Å². The van der Waals surface area contributed by atoms with Gasteiger partial charge in [-0.1, -0.05) is 12.1 Å². The van der Waals surface area contributed by atoms with E-state index in [1.807, 2.05) is 5.43 Å². The lowest BCUT2D eigenvalue weighted by Gasteiger charge is -2.04. The summed E-state index contributed by atoms with van der Waals surface area (Å²) in [6.07, 6.45) is 1.27. The van der Waals surface area contributed by atoms with E-state index >= 15 is 0 Å². The molecular formula is C15H12N4O7. The Morgan fingerprint density at radius 3 is 2.58 bits per heavy atom. The second-order valence-corrected chi connectivity index (χ2v) is 4.85. The largest absolute Gasteiger partial charge is 0.502 e. The van der Waals surface area contributed by atoms with E-state index in [1.165, 1.54) is 13.3 Å². The SMILES string of the molecule is COc1cccc(/C=N/NC(=O)c2cc([N+](=O)[O-])cc([N+](=O)[O-])c2O)c1. The number of rotatable bonds is 6. The molecule has 1 amide bonds. The van der Waals surface area contributed by atoms with E-state index in [-0.39, 0.29) is 0 Å². The highest BCUT2D eigenvalue weighted by molar-refractivity contribution is 5.99. The number of ether oxygens (including phenoxy) is 1. The molecule has 2 aromatic rings. The van der Waals surface area contributed by atoms with Crippen LogP contribution in [0.5, 0.6) is 11.5 Å². The molecule has 0 aromatic heterocycles. The Bertz CT molecular complexity index is 911. The van der Waals surface area contributed by atoms with Gasteiger partial charge in [-0.15, -0.1) is 0 Å². The minimum absolute atomic E-state index is 0.561. The summed E-state index contributed by atoms with van der Waals surface area (Å²) in [6.45, 7) is 0. The predicted octanol–water partition coefficient (Wildman–Crippen LogP) is 1.98. The Kier molecular flexibility index (Phi) is 5.43. The maximum Gasteiger partial charge on any atom is 0.318 e. The fourth-order valence-electron chi connectivity index (χ4n) is 1.97. The standard InChI is InChI=1S/C15H12N4O7/c1-26-11-4-2-3-9(5-11)8-16-17-15(21)12-6-10(18(22)23)7-13(14(12)20)19(24)25/h2-8,20H,1H3,(H,17,21)/b16-8+. The molecular weight excluding hydrogens is 348 g/mol. The van der Waals surface area contributed by atoms with Crippen LogP contribution in [0.25, 0.3) is 0 Å². The lowest BCUT2D eigenvalue weighted by Crippen LogP contribution is -2.18. The summed E-state index contributed by atoms with van der Waals surface area (Å²) in [5.41, 5.74) is 0.311. The molecule has 11 nitrogen and oxygen atoms in total. The lowest BCUT2D eigenvalue weighted by atomic mass is 10.1. The highest BCUT2D eigenvalue weighted by Crippen LogP contribution is 2.34. The molecule has 0 radical (unpaired) electrons. The second-order valence-electron chi connectivity index (χ2n) is 4.85. The number of carbonyl (C=O) groups is 1. The molecule has 2 rings (SSSR count). The van der Waals surface area contributed by atoms with Crippen LogP contribution in [0.4, 0.5) is 11.4 Å². The van der Waals surface area contributed by atoms with E-state index in [0.29, 0.717) is 17.4 Å². The zero-order chi connectivity index (χ0) is 19.3. The number of nitrogens with zero attached hydrogens (tertiary/aromatic N) is 3. The summed E-state index contributed by atoms with van der Waals surface area (Å²) >= 11 is 0. The number of hydrazone groups is 1. The molecule has 11 heteroatoms. The van der Waals surface area contributed by atoms with Gasteiger partial charge in [-0.3, -0.25) is 25.0 Å². The Balaban J connectivity index is 2.27. The van der Waals surface area contributed by atoms with Gasteiger partial charge in [0.05, 0.1) is 34.8 Å². The van der Waals surface area contributed by atoms with Crippen LogP contribution < -0.4 is 10.2 Å². The highest BCUT2D eigenvalue weighted by Gasteiger charge is 2.27. The number of nitro groups is 2. The number of non-ortho nitro benzene ring substituents is 1. The molecule has 0 fully saturated rings. The van der Waals surface area contributed by atoms with E-state index in [1.54, 1.807) is 24.3 Å². The van der Waals surface area contributed by atoms with Gasteiger partial charge in [0.15, 0.2) is 0 Å². The first-order chi connectivity index (χ1) is 12.3. The zero-order valence-corrected chi connectivity index (χ0v) is 13.3. The van der Waals surface area contributed by atoms with Gasteiger partial charge in [-0.05, 0) is 17.7 Å². The minimum atomic E-state index is -1.05. The van der Waals surface area contributed by atoms with Crippen molar-refractivity contribution in [3.05, 3.63) is 67.8 Å². The van der Waals surface area contributed by atoms with Crippen LogP contribution in [0.1, 0.15) is 15.9 Å². The predicted molar refractivity (Wildman–Crippen MR) is 89.5 cm³/mol. The molecule has 0 aliphatic carbocycles. The van der Waals surface area contributed by atoms with Crippen molar-refractivity contribution >= 4 is 23.5 Å². The summed E-state index contributed by atoms with van der Waals surface area (Å²) in [4.78, 5) is 31.9. The van der Waals surface area contributed by atoms with E-state index < -0.39 is 38.4 Å². The molecule has 0 heterocycles. The molecule has 0 unspecified atom stereocenters. The number of amides is 1. The summed E-state index contributed by atoms with van der Waals surface area (Å²) in [6, 6.07) is 7.98. The Morgan fingerprint density at radius 1 is 1.23 bits per heavy atom. The number of nitro benzene ring substituents is 2. The van der Waals surface area contributed by atoms with Gasteiger partial charge < -0.3 is 9.84 Å². The Labute approximate surface area is 145 Å². The fraction of sp³-hybridized carbons (Fsp3) is 0.0667.